The zero-order valence-electron chi connectivity index (χ0n) is 19.0. The van der Waals surface area contributed by atoms with Gasteiger partial charge in [-0.25, -0.2) is 0 Å². The van der Waals surface area contributed by atoms with E-state index < -0.39 is 0 Å². The number of nitrogens with one attached hydrogen (secondary N) is 1. The maximum atomic E-state index is 13.4. The highest BCUT2D eigenvalue weighted by Crippen LogP contribution is 2.22. The second kappa shape index (κ2) is 9.44. The molecule has 0 saturated carbocycles. The second-order valence-corrected chi connectivity index (χ2v) is 8.96. The number of aromatic nitrogens is 3. The van der Waals surface area contributed by atoms with Gasteiger partial charge in [0.05, 0.1) is 11.8 Å². The van der Waals surface area contributed by atoms with Crippen molar-refractivity contribution in [1.29, 1.82) is 0 Å². The maximum absolute atomic E-state index is 13.4. The van der Waals surface area contributed by atoms with Crippen molar-refractivity contribution in [3.63, 3.8) is 0 Å². The molecule has 7 nitrogen and oxygen atoms in total. The topological polar surface area (TPSA) is 71.6 Å². The van der Waals surface area contributed by atoms with Crippen molar-refractivity contribution < 1.29 is 4.79 Å². The highest BCUT2D eigenvalue weighted by molar-refractivity contribution is 6.30. The summed E-state index contributed by atoms with van der Waals surface area (Å²) in [5, 5.41) is 7.87. The van der Waals surface area contributed by atoms with E-state index in [1.165, 1.54) is 16.3 Å². The molecule has 2 aromatic carbocycles. The molecule has 2 aromatic heterocycles. The summed E-state index contributed by atoms with van der Waals surface area (Å²) in [5.74, 6) is -0.266. The van der Waals surface area contributed by atoms with Crippen LogP contribution in [0.1, 0.15) is 39.7 Å². The lowest BCUT2D eigenvalue weighted by Gasteiger charge is -2.30. The Morgan fingerprint density at radius 1 is 1.12 bits per heavy atom. The van der Waals surface area contributed by atoms with Gasteiger partial charge in [0.25, 0.3) is 11.5 Å². The lowest BCUT2D eigenvalue weighted by atomic mass is 10.0. The number of hydrogen-bond donors (Lipinski definition) is 1. The van der Waals surface area contributed by atoms with Crippen molar-refractivity contribution in [1.82, 2.24) is 24.4 Å². The predicted octanol–water partition coefficient (Wildman–Crippen LogP) is 3.66. The Hall–Kier alpha value is -3.42. The molecule has 3 heterocycles. The van der Waals surface area contributed by atoms with Crippen LogP contribution in [0.4, 0.5) is 0 Å². The molecular weight excluding hydrogens is 450 g/mol. The van der Waals surface area contributed by atoms with Crippen molar-refractivity contribution in [2.45, 2.75) is 39.5 Å². The minimum atomic E-state index is -0.266. The summed E-state index contributed by atoms with van der Waals surface area (Å²) in [4.78, 5) is 28.8. The van der Waals surface area contributed by atoms with Crippen LogP contribution < -0.4 is 10.9 Å². The molecule has 34 heavy (non-hydrogen) atoms. The van der Waals surface area contributed by atoms with Gasteiger partial charge in [0.15, 0.2) is 5.65 Å². The van der Waals surface area contributed by atoms with E-state index in [0.29, 0.717) is 35.9 Å². The van der Waals surface area contributed by atoms with Crippen LogP contribution >= 0.6 is 11.6 Å². The first-order valence-electron chi connectivity index (χ1n) is 11.5. The number of amides is 1. The lowest BCUT2D eigenvalue weighted by Crippen LogP contribution is -2.38. The molecule has 0 spiro atoms. The van der Waals surface area contributed by atoms with Crippen LogP contribution in [0.5, 0.6) is 0 Å². The van der Waals surface area contributed by atoms with Crippen LogP contribution in [0.2, 0.25) is 5.02 Å². The number of aryl methyl sites for hydroxylation is 1. The fraction of sp³-hybridized carbons (Fsp3) is 0.269. The highest BCUT2D eigenvalue weighted by Gasteiger charge is 2.27. The number of hydrogen-bond acceptors (Lipinski definition) is 4. The van der Waals surface area contributed by atoms with Gasteiger partial charge in [0, 0.05) is 49.9 Å². The van der Waals surface area contributed by atoms with Crippen LogP contribution in [-0.4, -0.2) is 31.5 Å². The average Bonchev–Trinajstić information content (AvgIpc) is 3.29. The van der Waals surface area contributed by atoms with E-state index >= 15 is 0 Å². The number of halogens is 1. The minimum absolute atomic E-state index is 0.152. The Morgan fingerprint density at radius 2 is 1.91 bits per heavy atom. The molecule has 0 radical (unpaired) electrons. The number of nitrogens with zero attached hydrogens (tertiary/aromatic N) is 4. The molecule has 0 atom stereocenters. The normalized spacial score (nSPS) is 13.7. The Balaban J connectivity index is 1.45. The summed E-state index contributed by atoms with van der Waals surface area (Å²) in [5.41, 5.74) is 4.67. The highest BCUT2D eigenvalue weighted by atomic mass is 35.5. The van der Waals surface area contributed by atoms with E-state index in [1.807, 2.05) is 43.3 Å². The van der Waals surface area contributed by atoms with Gasteiger partial charge < -0.3 is 9.88 Å². The molecule has 8 heteroatoms. The smallest absolute Gasteiger partial charge is 0.279 e. The van der Waals surface area contributed by atoms with Crippen LogP contribution in [0.3, 0.4) is 0 Å². The molecule has 5 rings (SSSR count). The Morgan fingerprint density at radius 3 is 2.68 bits per heavy atom. The predicted molar refractivity (Wildman–Crippen MR) is 132 cm³/mol. The summed E-state index contributed by atoms with van der Waals surface area (Å²) in [6.07, 6.45) is 2.24. The Labute approximate surface area is 202 Å². The first-order chi connectivity index (χ1) is 16.5. The van der Waals surface area contributed by atoms with Gasteiger partial charge in [-0.05, 0) is 30.2 Å². The quantitative estimate of drug-likeness (QED) is 0.462. The van der Waals surface area contributed by atoms with Gasteiger partial charge >= 0.3 is 0 Å². The summed E-state index contributed by atoms with van der Waals surface area (Å²) in [6, 6.07) is 17.6. The minimum Gasteiger partial charge on any atom is -0.348 e. The monoisotopic (exact) mass is 475 g/mol. The van der Waals surface area contributed by atoms with E-state index in [9.17, 15) is 9.59 Å². The zero-order chi connectivity index (χ0) is 23.7. The molecule has 1 aliphatic heterocycles. The molecular formula is C26H26ClN5O2. The van der Waals surface area contributed by atoms with Gasteiger partial charge in [-0.15, -0.1) is 0 Å². The van der Waals surface area contributed by atoms with Crippen molar-refractivity contribution in [2.24, 2.45) is 0 Å². The SMILES string of the molecule is CCn1c2c(c(=O)n3ncc(C(=O)NCc4cccc(Cl)c4)c13)CN(Cc1ccccc1)CC2. The van der Waals surface area contributed by atoms with Crippen molar-refractivity contribution in [3.05, 3.63) is 104 Å². The molecule has 1 aliphatic rings. The lowest BCUT2D eigenvalue weighted by molar-refractivity contribution is 0.0952. The molecule has 0 saturated heterocycles. The molecule has 4 aromatic rings. The van der Waals surface area contributed by atoms with Crippen LogP contribution in [0, 0.1) is 0 Å². The van der Waals surface area contributed by atoms with Gasteiger partial charge in [-0.1, -0.05) is 54.1 Å². The van der Waals surface area contributed by atoms with Crippen LogP contribution in [-0.2, 0) is 32.6 Å². The summed E-state index contributed by atoms with van der Waals surface area (Å²) >= 11 is 6.05. The largest absolute Gasteiger partial charge is 0.348 e. The molecule has 1 N–H and O–H groups in total. The fourth-order valence-corrected chi connectivity index (χ4v) is 4.92. The molecule has 1 amide bonds. The molecule has 0 aliphatic carbocycles. The third-order valence-electron chi connectivity index (χ3n) is 6.32. The molecule has 0 unspecified atom stereocenters. The van der Waals surface area contributed by atoms with Crippen molar-refractivity contribution >= 4 is 23.2 Å². The summed E-state index contributed by atoms with van der Waals surface area (Å²) in [6.45, 7) is 5.22. The van der Waals surface area contributed by atoms with Gasteiger partial charge in [0.2, 0.25) is 0 Å². The first kappa shape index (κ1) is 22.4. The molecule has 0 bridgehead atoms. The number of fused-ring (bicyclic) bond motifs is 2. The standard InChI is InChI=1S/C26H26ClN5O2/c1-2-31-23-11-12-30(16-18-7-4-3-5-8-18)17-22(23)26(34)32-25(31)21(15-29-32)24(33)28-14-19-9-6-10-20(27)13-19/h3-10,13,15H,2,11-12,14,16-17H2,1H3,(H,28,33). The number of carbonyl (C=O) groups is 1. The third kappa shape index (κ3) is 4.24. The van der Waals surface area contributed by atoms with Crippen LogP contribution in [0.25, 0.3) is 5.65 Å². The Kier molecular flexibility index (Phi) is 6.22. The van der Waals surface area contributed by atoms with Gasteiger partial charge in [0.1, 0.15) is 5.56 Å². The summed E-state index contributed by atoms with van der Waals surface area (Å²) < 4.78 is 3.44. The second-order valence-electron chi connectivity index (χ2n) is 8.53. The van der Waals surface area contributed by atoms with Gasteiger partial charge in [-0.2, -0.15) is 9.61 Å². The van der Waals surface area contributed by atoms with E-state index in [0.717, 1.165) is 36.3 Å². The van der Waals surface area contributed by atoms with E-state index in [-0.39, 0.29) is 11.5 Å². The fourth-order valence-electron chi connectivity index (χ4n) is 4.71. The number of rotatable bonds is 6. The van der Waals surface area contributed by atoms with E-state index in [1.54, 1.807) is 6.07 Å². The Bertz CT molecular complexity index is 1410. The molecule has 0 fully saturated rings. The molecule has 174 valence electrons. The average molecular weight is 476 g/mol. The zero-order valence-corrected chi connectivity index (χ0v) is 19.8. The van der Waals surface area contributed by atoms with Gasteiger partial charge in [-0.3, -0.25) is 14.5 Å². The van der Waals surface area contributed by atoms with Crippen molar-refractivity contribution in [3.8, 4) is 0 Å². The summed E-state index contributed by atoms with van der Waals surface area (Å²) in [7, 11) is 0. The van der Waals surface area contributed by atoms with Crippen LogP contribution in [0.15, 0.2) is 65.6 Å². The van der Waals surface area contributed by atoms with E-state index in [4.69, 9.17) is 11.6 Å². The number of carbonyl (C=O) groups excluding carboxylic acids is 1. The van der Waals surface area contributed by atoms with Crippen molar-refractivity contribution in [2.75, 3.05) is 6.54 Å². The maximum Gasteiger partial charge on any atom is 0.279 e. The van der Waals surface area contributed by atoms with E-state index in [2.05, 4.69) is 32.0 Å². The number of benzene rings is 2. The first-order valence-corrected chi connectivity index (χ1v) is 11.8. The third-order valence-corrected chi connectivity index (χ3v) is 6.56.